The number of carbonyl (C=O) groups is 1. The second-order valence-electron chi connectivity index (χ2n) is 9.90. The van der Waals surface area contributed by atoms with Crippen molar-refractivity contribution in [2.75, 3.05) is 6.61 Å². The van der Waals surface area contributed by atoms with E-state index in [1.165, 1.54) is 21.6 Å². The number of aryl methyl sites for hydroxylation is 2. The third kappa shape index (κ3) is 6.39. The Balaban J connectivity index is 1.66. The van der Waals surface area contributed by atoms with Crippen molar-refractivity contribution in [3.63, 3.8) is 0 Å². The molecule has 1 aliphatic rings. The molecule has 170 valence electrons. The first-order valence-electron chi connectivity index (χ1n) is 11.6. The van der Waals surface area contributed by atoms with E-state index in [4.69, 9.17) is 4.74 Å². The van der Waals surface area contributed by atoms with E-state index in [1.807, 2.05) is 30.9 Å². The smallest absolute Gasteiger partial charge is 0.305 e. The fourth-order valence-electron chi connectivity index (χ4n) is 4.53. The molecule has 0 unspecified atom stereocenters. The number of benzene rings is 1. The Labute approximate surface area is 197 Å². The van der Waals surface area contributed by atoms with Crippen LogP contribution < -0.4 is 0 Å². The highest BCUT2D eigenvalue weighted by atomic mass is 32.2. The molecule has 0 saturated carbocycles. The number of hydrogen-bond acceptors (Lipinski definition) is 4. The minimum absolute atomic E-state index is 0.112. The van der Waals surface area contributed by atoms with Gasteiger partial charge in [-0.05, 0) is 85.8 Å². The van der Waals surface area contributed by atoms with Gasteiger partial charge in [0.25, 0.3) is 0 Å². The molecule has 0 radical (unpaired) electrons. The minimum atomic E-state index is -0.112. The lowest BCUT2D eigenvalue weighted by Gasteiger charge is -2.42. The van der Waals surface area contributed by atoms with Crippen LogP contribution in [0.1, 0.15) is 88.2 Å². The monoisotopic (exact) mass is 449 g/mol. The number of thioether (sulfide) groups is 1. The summed E-state index contributed by atoms with van der Waals surface area (Å²) in [6, 6.07) is 8.67. The molecule has 0 spiro atoms. The Morgan fingerprint density at radius 2 is 1.94 bits per heavy atom. The Bertz CT molecular complexity index is 1030. The van der Waals surface area contributed by atoms with Gasteiger partial charge in [-0.15, -0.1) is 11.8 Å². The van der Waals surface area contributed by atoms with E-state index in [0.29, 0.717) is 13.0 Å². The van der Waals surface area contributed by atoms with Crippen molar-refractivity contribution in [1.29, 1.82) is 0 Å². The molecule has 3 rings (SSSR count). The summed E-state index contributed by atoms with van der Waals surface area (Å²) < 4.78 is 5.22. The summed E-state index contributed by atoms with van der Waals surface area (Å²) in [6.45, 7) is 13.8. The molecule has 4 heteroatoms. The molecule has 0 N–H and O–H groups in total. The van der Waals surface area contributed by atoms with Gasteiger partial charge in [-0.25, -0.2) is 4.98 Å². The fraction of sp³-hybridized carbons (Fsp3) is 0.500. The van der Waals surface area contributed by atoms with Gasteiger partial charge >= 0.3 is 5.97 Å². The van der Waals surface area contributed by atoms with Gasteiger partial charge in [0.2, 0.25) is 0 Å². The summed E-state index contributed by atoms with van der Waals surface area (Å²) in [6.07, 6.45) is 6.23. The molecule has 0 aliphatic carbocycles. The van der Waals surface area contributed by atoms with Gasteiger partial charge in [0, 0.05) is 27.8 Å². The summed E-state index contributed by atoms with van der Waals surface area (Å²) in [5.74, 6) is 6.50. The maximum absolute atomic E-state index is 11.4. The predicted molar refractivity (Wildman–Crippen MR) is 133 cm³/mol. The van der Waals surface area contributed by atoms with Crippen LogP contribution in [-0.4, -0.2) is 22.3 Å². The van der Waals surface area contributed by atoms with Crippen molar-refractivity contribution in [2.24, 2.45) is 0 Å². The molecule has 2 heterocycles. The predicted octanol–water partition coefficient (Wildman–Crippen LogP) is 6.62. The van der Waals surface area contributed by atoms with Crippen LogP contribution in [0.15, 0.2) is 35.4 Å². The maximum atomic E-state index is 11.4. The summed E-state index contributed by atoms with van der Waals surface area (Å²) in [7, 11) is 0. The zero-order chi connectivity index (χ0) is 23.4. The third-order valence-electron chi connectivity index (χ3n) is 5.86. The quantitative estimate of drug-likeness (QED) is 0.282. The van der Waals surface area contributed by atoms with Crippen LogP contribution in [0.3, 0.4) is 0 Å². The summed E-state index contributed by atoms with van der Waals surface area (Å²) in [5, 5.41) is 0. The Morgan fingerprint density at radius 3 is 2.62 bits per heavy atom. The molecule has 1 aromatic heterocycles. The molecule has 0 saturated heterocycles. The molecule has 0 fully saturated rings. The number of ether oxygens (including phenoxy) is 1. The van der Waals surface area contributed by atoms with Crippen LogP contribution in [0.5, 0.6) is 0 Å². The zero-order valence-electron chi connectivity index (χ0n) is 20.3. The van der Waals surface area contributed by atoms with Crippen LogP contribution in [0, 0.1) is 18.8 Å². The van der Waals surface area contributed by atoms with Crippen molar-refractivity contribution in [3.05, 3.63) is 58.4 Å². The summed E-state index contributed by atoms with van der Waals surface area (Å²) >= 11 is 1.98. The van der Waals surface area contributed by atoms with Gasteiger partial charge in [-0.2, -0.15) is 0 Å². The van der Waals surface area contributed by atoms with E-state index >= 15 is 0 Å². The van der Waals surface area contributed by atoms with Crippen molar-refractivity contribution >= 4 is 17.7 Å². The molecule has 3 nitrogen and oxygen atoms in total. The first kappa shape index (κ1) is 24.4. The largest absolute Gasteiger partial charge is 0.466 e. The second-order valence-corrected chi connectivity index (χ2v) is 11.6. The number of aromatic nitrogens is 1. The number of pyridine rings is 1. The number of esters is 1. The van der Waals surface area contributed by atoms with E-state index in [2.05, 4.69) is 69.6 Å². The molecular weight excluding hydrogens is 414 g/mol. The fourth-order valence-corrected chi connectivity index (χ4v) is 6.24. The highest BCUT2D eigenvalue weighted by Crippen LogP contribution is 2.51. The van der Waals surface area contributed by atoms with E-state index < -0.39 is 0 Å². The van der Waals surface area contributed by atoms with Gasteiger partial charge in [-0.1, -0.05) is 39.7 Å². The molecule has 0 amide bonds. The zero-order valence-corrected chi connectivity index (χ0v) is 21.1. The van der Waals surface area contributed by atoms with E-state index in [9.17, 15) is 4.79 Å². The van der Waals surface area contributed by atoms with Crippen LogP contribution in [0.2, 0.25) is 0 Å². The molecule has 0 bridgehead atoms. The van der Waals surface area contributed by atoms with Crippen molar-refractivity contribution < 1.29 is 9.53 Å². The highest BCUT2D eigenvalue weighted by molar-refractivity contribution is 8.00. The normalized spacial score (nSPS) is 15.9. The molecule has 2 aromatic rings. The average molecular weight is 450 g/mol. The van der Waals surface area contributed by atoms with E-state index in [1.54, 1.807) is 0 Å². The second kappa shape index (κ2) is 10.1. The highest BCUT2D eigenvalue weighted by Gasteiger charge is 2.38. The Morgan fingerprint density at radius 1 is 1.16 bits per heavy atom. The molecule has 1 aliphatic heterocycles. The molecular formula is C28H35NO2S. The van der Waals surface area contributed by atoms with Gasteiger partial charge in [0.05, 0.1) is 6.61 Å². The molecule has 0 atom stereocenters. The first-order chi connectivity index (χ1) is 15.1. The Kier molecular flexibility index (Phi) is 7.72. The van der Waals surface area contributed by atoms with Gasteiger partial charge < -0.3 is 4.74 Å². The summed E-state index contributed by atoms with van der Waals surface area (Å²) in [5.41, 5.74) is 5.81. The Hall–Kier alpha value is -2.25. The third-order valence-corrected chi connectivity index (χ3v) is 7.12. The molecule has 1 aromatic carbocycles. The van der Waals surface area contributed by atoms with Crippen molar-refractivity contribution in [2.45, 2.75) is 88.7 Å². The topological polar surface area (TPSA) is 39.2 Å². The standard InChI is InChI=1S/C28H35NO2S/c1-7-31-26(30)11-9-8-10-21-12-14-23(29-18-21)15-13-22-17-24-25(16-20(22)2)32-28(5,6)19-27(24,3)4/h12,14,16-18H,7-11,19H2,1-6H3. The van der Waals surface area contributed by atoms with Crippen molar-refractivity contribution in [3.8, 4) is 11.8 Å². The maximum Gasteiger partial charge on any atom is 0.305 e. The van der Waals surface area contributed by atoms with Crippen LogP contribution in [0.4, 0.5) is 0 Å². The van der Waals surface area contributed by atoms with Gasteiger partial charge in [0.15, 0.2) is 0 Å². The number of carbonyl (C=O) groups excluding carboxylic acids is 1. The van der Waals surface area contributed by atoms with Crippen LogP contribution >= 0.6 is 11.8 Å². The number of fused-ring (bicyclic) bond motifs is 1. The summed E-state index contributed by atoms with van der Waals surface area (Å²) in [4.78, 5) is 17.3. The lowest BCUT2D eigenvalue weighted by molar-refractivity contribution is -0.143. The van der Waals surface area contributed by atoms with Gasteiger partial charge in [0.1, 0.15) is 5.69 Å². The number of hydrogen-bond donors (Lipinski definition) is 0. The lowest BCUT2D eigenvalue weighted by atomic mass is 9.76. The SMILES string of the molecule is CCOC(=O)CCCCc1ccc(C#Cc2cc3c(cc2C)SC(C)(C)CC3(C)C)nc1. The van der Waals surface area contributed by atoms with Gasteiger partial charge in [-0.3, -0.25) is 4.79 Å². The first-order valence-corrected chi connectivity index (χ1v) is 12.4. The lowest BCUT2D eigenvalue weighted by Crippen LogP contribution is -2.33. The van der Waals surface area contributed by atoms with E-state index in [0.717, 1.165) is 36.9 Å². The van der Waals surface area contributed by atoms with E-state index in [-0.39, 0.29) is 16.1 Å². The molecule has 32 heavy (non-hydrogen) atoms. The van der Waals surface area contributed by atoms with Crippen LogP contribution in [0.25, 0.3) is 0 Å². The average Bonchev–Trinajstić information content (AvgIpc) is 2.69. The number of rotatable bonds is 6. The number of unbranched alkanes of at least 4 members (excludes halogenated alkanes) is 1. The number of nitrogens with zero attached hydrogens (tertiary/aromatic N) is 1. The van der Waals surface area contributed by atoms with Crippen LogP contribution in [-0.2, 0) is 21.4 Å². The van der Waals surface area contributed by atoms with Crippen molar-refractivity contribution in [1.82, 2.24) is 4.98 Å². The minimum Gasteiger partial charge on any atom is -0.466 e.